The monoisotopic (exact) mass is 466 g/mol. The molecule has 0 aromatic carbocycles. The Kier molecular flexibility index (Phi) is 14.3. The maximum Gasteiger partial charge on any atom is 0.192 e. The van der Waals surface area contributed by atoms with Crippen molar-refractivity contribution in [3.05, 3.63) is 0 Å². The van der Waals surface area contributed by atoms with Gasteiger partial charge in [0.1, 0.15) is 0 Å². The minimum Gasteiger partial charge on any atom is -0.330 e. The van der Waals surface area contributed by atoms with E-state index < -0.39 is 8.45 Å². The van der Waals surface area contributed by atoms with Crippen LogP contribution in [0.4, 0.5) is 0 Å². The third-order valence-electron chi connectivity index (χ3n) is 4.24. The van der Waals surface area contributed by atoms with Gasteiger partial charge in [0.25, 0.3) is 0 Å². The number of carbonyl (C=O) groups is 1. The molecule has 0 amide bonds. The lowest BCUT2D eigenvalue weighted by atomic mass is 10.2. The Bertz CT molecular complexity index is 436. The van der Waals surface area contributed by atoms with E-state index in [9.17, 15) is 4.79 Å². The Morgan fingerprint density at radius 1 is 0.862 bits per heavy atom. The van der Waals surface area contributed by atoms with Crippen LogP contribution in [0, 0.1) is 5.92 Å². The average Bonchev–Trinajstić information content (AvgIpc) is 2.52. The molecule has 0 aliphatic carbocycles. The molecule has 4 nitrogen and oxygen atoms in total. The van der Waals surface area contributed by atoms with Gasteiger partial charge in [0.15, 0.2) is 13.6 Å². The van der Waals surface area contributed by atoms with Crippen LogP contribution in [0.1, 0.15) is 83.1 Å². The van der Waals surface area contributed by atoms with Gasteiger partial charge in [0.2, 0.25) is 0 Å². The Balaban J connectivity index is 4.93. The topological polar surface area (TPSA) is 32.8 Å². The normalized spacial score (nSPS) is 13.5. The van der Waals surface area contributed by atoms with Crippen molar-refractivity contribution >= 4 is 37.1 Å². The SMILES string of the molecule is CC(C)C(=O)SC(C)(C)CSCCOP(N(C(C)C)C(C)C)N(C(C)C)C(C)C. The molecule has 0 saturated heterocycles. The van der Waals surface area contributed by atoms with Gasteiger partial charge in [-0.25, -0.2) is 9.34 Å². The van der Waals surface area contributed by atoms with Gasteiger partial charge in [0, 0.05) is 46.3 Å². The summed E-state index contributed by atoms with van der Waals surface area (Å²) in [6.45, 7) is 27.1. The van der Waals surface area contributed by atoms with Gasteiger partial charge in [-0.3, -0.25) is 4.79 Å². The lowest BCUT2D eigenvalue weighted by Crippen LogP contribution is -2.43. The first-order chi connectivity index (χ1) is 13.2. The van der Waals surface area contributed by atoms with Crippen LogP contribution in [0.5, 0.6) is 0 Å². The minimum absolute atomic E-state index is 0.0411. The second-order valence-corrected chi connectivity index (χ2v) is 14.1. The molecule has 0 rings (SSSR count). The number of nitrogens with zero attached hydrogens (tertiary/aromatic N) is 2. The summed E-state index contributed by atoms with van der Waals surface area (Å²) in [5.74, 6) is 1.99. The van der Waals surface area contributed by atoms with Crippen LogP contribution in [0.15, 0.2) is 0 Å². The van der Waals surface area contributed by atoms with E-state index in [4.69, 9.17) is 4.52 Å². The van der Waals surface area contributed by atoms with Gasteiger partial charge in [-0.1, -0.05) is 25.6 Å². The van der Waals surface area contributed by atoms with Crippen LogP contribution in [-0.4, -0.2) is 61.5 Å². The van der Waals surface area contributed by atoms with Gasteiger partial charge < -0.3 is 4.52 Å². The molecule has 0 aromatic rings. The molecule has 0 heterocycles. The average molecular weight is 467 g/mol. The van der Waals surface area contributed by atoms with Gasteiger partial charge in [-0.05, 0) is 69.2 Å². The summed E-state index contributed by atoms with van der Waals surface area (Å²) in [7, 11) is -0.819. The first-order valence-electron chi connectivity index (χ1n) is 11.0. The molecule has 0 aliphatic rings. The summed E-state index contributed by atoms with van der Waals surface area (Å²) in [5, 5.41) is 0.282. The molecular formula is C22H47N2O2PS2. The summed E-state index contributed by atoms with van der Waals surface area (Å²) in [5.41, 5.74) is 0. The highest BCUT2D eigenvalue weighted by molar-refractivity contribution is 8.15. The van der Waals surface area contributed by atoms with Crippen LogP contribution in [0.3, 0.4) is 0 Å². The summed E-state index contributed by atoms with van der Waals surface area (Å²) >= 11 is 3.37. The maximum atomic E-state index is 12.1. The smallest absolute Gasteiger partial charge is 0.192 e. The molecule has 0 bridgehead atoms. The molecule has 29 heavy (non-hydrogen) atoms. The summed E-state index contributed by atoms with van der Waals surface area (Å²) < 4.78 is 11.6. The van der Waals surface area contributed by atoms with E-state index in [1.165, 1.54) is 11.8 Å². The lowest BCUT2D eigenvalue weighted by molar-refractivity contribution is -0.113. The van der Waals surface area contributed by atoms with E-state index in [-0.39, 0.29) is 15.8 Å². The van der Waals surface area contributed by atoms with Crippen molar-refractivity contribution in [2.75, 3.05) is 18.1 Å². The van der Waals surface area contributed by atoms with Crippen molar-refractivity contribution in [3.8, 4) is 0 Å². The molecule has 174 valence electrons. The van der Waals surface area contributed by atoms with Crippen molar-refractivity contribution in [1.82, 2.24) is 9.34 Å². The van der Waals surface area contributed by atoms with Crippen molar-refractivity contribution in [2.45, 2.75) is 112 Å². The van der Waals surface area contributed by atoms with E-state index in [0.717, 1.165) is 18.1 Å². The van der Waals surface area contributed by atoms with Crippen molar-refractivity contribution in [2.24, 2.45) is 5.92 Å². The van der Waals surface area contributed by atoms with Gasteiger partial charge in [0.05, 0.1) is 6.61 Å². The fourth-order valence-corrected chi connectivity index (χ4v) is 7.72. The highest BCUT2D eigenvalue weighted by atomic mass is 32.2. The molecule has 0 unspecified atom stereocenters. The maximum absolute atomic E-state index is 12.1. The molecule has 0 spiro atoms. The highest BCUT2D eigenvalue weighted by Gasteiger charge is 2.34. The van der Waals surface area contributed by atoms with E-state index in [1.807, 2.05) is 25.6 Å². The van der Waals surface area contributed by atoms with Gasteiger partial charge >= 0.3 is 0 Å². The number of carbonyl (C=O) groups excluding carboxylic acids is 1. The second-order valence-electron chi connectivity index (χ2n) is 9.61. The number of hydrogen-bond acceptors (Lipinski definition) is 6. The zero-order valence-electron chi connectivity index (χ0n) is 21.0. The molecule has 0 fully saturated rings. The number of hydrogen-bond donors (Lipinski definition) is 0. The third-order valence-corrected chi connectivity index (χ3v) is 10.2. The Morgan fingerprint density at radius 3 is 1.62 bits per heavy atom. The number of rotatable bonds is 14. The van der Waals surface area contributed by atoms with Crippen LogP contribution in [0.2, 0.25) is 0 Å². The standard InChI is InChI=1S/C22H47N2O2PS2/c1-16(2)21(25)29-22(11,12)15-28-14-13-26-27(23(17(3)4)18(5)6)24(19(7)8)20(9)10/h16-20H,13-15H2,1-12H3. The molecule has 0 radical (unpaired) electrons. The van der Waals surface area contributed by atoms with Crippen molar-refractivity contribution in [1.29, 1.82) is 0 Å². The van der Waals surface area contributed by atoms with E-state index in [0.29, 0.717) is 24.2 Å². The largest absolute Gasteiger partial charge is 0.330 e. The highest BCUT2D eigenvalue weighted by Crippen LogP contribution is 2.50. The van der Waals surface area contributed by atoms with Crippen LogP contribution < -0.4 is 0 Å². The molecule has 7 heteroatoms. The Morgan fingerprint density at radius 2 is 1.28 bits per heavy atom. The first-order valence-corrected chi connectivity index (χ1v) is 14.1. The van der Waals surface area contributed by atoms with Crippen molar-refractivity contribution in [3.63, 3.8) is 0 Å². The van der Waals surface area contributed by atoms with Crippen LogP contribution in [-0.2, 0) is 9.32 Å². The predicted octanol–water partition coefficient (Wildman–Crippen LogP) is 6.90. The summed E-state index contributed by atoms with van der Waals surface area (Å²) in [6.07, 6.45) is 0. The predicted molar refractivity (Wildman–Crippen MR) is 136 cm³/mol. The van der Waals surface area contributed by atoms with Gasteiger partial charge in [-0.2, -0.15) is 11.8 Å². The zero-order chi connectivity index (χ0) is 22.9. The summed E-state index contributed by atoms with van der Waals surface area (Å²) in [4.78, 5) is 12.1. The fourth-order valence-electron chi connectivity index (χ4n) is 3.15. The van der Waals surface area contributed by atoms with Gasteiger partial charge in [-0.15, -0.1) is 0 Å². The molecule has 0 atom stereocenters. The Hall–Kier alpha value is 0.680. The fraction of sp³-hybridized carbons (Fsp3) is 0.955. The third kappa shape index (κ3) is 11.2. The quantitative estimate of drug-likeness (QED) is 0.205. The number of thioether (sulfide) groups is 2. The Labute approximate surface area is 191 Å². The lowest BCUT2D eigenvalue weighted by Gasteiger charge is -2.45. The van der Waals surface area contributed by atoms with E-state index >= 15 is 0 Å². The summed E-state index contributed by atoms with van der Waals surface area (Å²) in [6, 6.07) is 1.74. The molecular weight excluding hydrogens is 419 g/mol. The molecule has 0 saturated carbocycles. The minimum atomic E-state index is -0.819. The second kappa shape index (κ2) is 14.0. The van der Waals surface area contributed by atoms with E-state index in [2.05, 4.69) is 78.6 Å². The van der Waals surface area contributed by atoms with Crippen LogP contribution >= 0.6 is 32.0 Å². The van der Waals surface area contributed by atoms with E-state index in [1.54, 1.807) is 0 Å². The molecule has 0 N–H and O–H groups in total. The zero-order valence-corrected chi connectivity index (χ0v) is 23.5. The first kappa shape index (κ1) is 29.7. The molecule has 0 aliphatic heterocycles. The molecule has 0 aromatic heterocycles. The van der Waals surface area contributed by atoms with Crippen molar-refractivity contribution < 1.29 is 9.32 Å². The van der Waals surface area contributed by atoms with Crippen LogP contribution in [0.25, 0.3) is 0 Å².